The van der Waals surface area contributed by atoms with Gasteiger partial charge in [0.25, 0.3) is 0 Å². The Labute approximate surface area is 91.6 Å². The molecule has 88 valence electrons. The van der Waals surface area contributed by atoms with E-state index in [-0.39, 0.29) is 12.5 Å². The smallest absolute Gasteiger partial charge is 0.234 e. The Hall–Kier alpha value is -0.610. The molecule has 1 aliphatic carbocycles. The molecule has 4 nitrogen and oxygen atoms in total. The number of amides is 1. The van der Waals surface area contributed by atoms with Crippen molar-refractivity contribution in [3.05, 3.63) is 0 Å². The predicted molar refractivity (Wildman–Crippen MR) is 59.5 cm³/mol. The molecule has 1 saturated carbocycles. The van der Waals surface area contributed by atoms with Gasteiger partial charge in [-0.2, -0.15) is 0 Å². The quantitative estimate of drug-likeness (QED) is 0.637. The average molecular weight is 214 g/mol. The topological polar surface area (TPSA) is 52.6 Å². The van der Waals surface area contributed by atoms with Gasteiger partial charge in [0.05, 0.1) is 13.2 Å². The molecular weight excluding hydrogens is 192 g/mol. The number of nitrogens with one attached hydrogen (secondary N) is 1. The summed E-state index contributed by atoms with van der Waals surface area (Å²) in [5, 5.41) is 11.8. The lowest BCUT2D eigenvalue weighted by molar-refractivity contribution is -0.122. The summed E-state index contributed by atoms with van der Waals surface area (Å²) < 4.78 is 0. The van der Waals surface area contributed by atoms with Crippen molar-refractivity contribution in [2.45, 2.75) is 32.7 Å². The summed E-state index contributed by atoms with van der Waals surface area (Å²) in [4.78, 5) is 13.5. The molecule has 1 rings (SSSR count). The molecule has 0 aromatic carbocycles. The van der Waals surface area contributed by atoms with Crippen molar-refractivity contribution < 1.29 is 9.90 Å². The molecular formula is C11H22N2O2. The Kier molecular flexibility index (Phi) is 5.05. The fraction of sp³-hybridized carbons (Fsp3) is 0.909. The van der Waals surface area contributed by atoms with Crippen LogP contribution < -0.4 is 5.32 Å². The summed E-state index contributed by atoms with van der Waals surface area (Å²) in [7, 11) is 0. The van der Waals surface area contributed by atoms with Crippen molar-refractivity contribution in [2.75, 3.05) is 26.2 Å². The van der Waals surface area contributed by atoms with Crippen LogP contribution in [0.1, 0.15) is 26.7 Å². The third kappa shape index (κ3) is 5.14. The lowest BCUT2D eigenvalue weighted by atomic mass is 10.3. The third-order valence-corrected chi connectivity index (χ3v) is 2.75. The molecule has 0 unspecified atom stereocenters. The molecule has 0 heterocycles. The lowest BCUT2D eigenvalue weighted by Crippen LogP contribution is -2.42. The molecule has 4 heteroatoms. The van der Waals surface area contributed by atoms with Crippen LogP contribution >= 0.6 is 0 Å². The minimum atomic E-state index is 0.0732. The van der Waals surface area contributed by atoms with Gasteiger partial charge in [0.15, 0.2) is 0 Å². The summed E-state index contributed by atoms with van der Waals surface area (Å²) in [5.74, 6) is 0.795. The van der Waals surface area contributed by atoms with E-state index >= 15 is 0 Å². The van der Waals surface area contributed by atoms with Crippen LogP contribution in [0, 0.1) is 5.92 Å². The summed E-state index contributed by atoms with van der Waals surface area (Å²) in [6.07, 6.45) is 2.51. The molecule has 2 N–H and O–H groups in total. The molecule has 1 aliphatic rings. The largest absolute Gasteiger partial charge is 0.395 e. The zero-order valence-corrected chi connectivity index (χ0v) is 9.70. The maximum atomic E-state index is 11.5. The Bertz CT molecular complexity index is 203. The van der Waals surface area contributed by atoms with E-state index in [4.69, 9.17) is 5.11 Å². The van der Waals surface area contributed by atoms with Gasteiger partial charge in [0, 0.05) is 19.1 Å². The number of aliphatic hydroxyl groups is 1. The molecule has 1 fully saturated rings. The van der Waals surface area contributed by atoms with E-state index in [9.17, 15) is 4.79 Å². The van der Waals surface area contributed by atoms with Crippen molar-refractivity contribution in [1.29, 1.82) is 0 Å². The van der Waals surface area contributed by atoms with Crippen molar-refractivity contribution in [3.8, 4) is 0 Å². The van der Waals surface area contributed by atoms with E-state index in [1.165, 1.54) is 12.8 Å². The highest BCUT2D eigenvalue weighted by molar-refractivity contribution is 5.78. The Balaban J connectivity index is 2.19. The van der Waals surface area contributed by atoms with Gasteiger partial charge in [-0.25, -0.2) is 0 Å². The average Bonchev–Trinajstić information content (AvgIpc) is 2.97. The summed E-state index contributed by atoms with van der Waals surface area (Å²) in [6, 6.07) is 0.295. The van der Waals surface area contributed by atoms with Crippen molar-refractivity contribution in [2.24, 2.45) is 5.92 Å². The second kappa shape index (κ2) is 6.08. The van der Waals surface area contributed by atoms with Crippen molar-refractivity contribution in [1.82, 2.24) is 10.2 Å². The monoisotopic (exact) mass is 214 g/mol. The molecule has 0 radical (unpaired) electrons. The van der Waals surface area contributed by atoms with E-state index in [0.29, 0.717) is 19.1 Å². The zero-order valence-electron chi connectivity index (χ0n) is 9.70. The first-order valence-electron chi connectivity index (χ1n) is 5.75. The van der Waals surface area contributed by atoms with Gasteiger partial charge >= 0.3 is 0 Å². The lowest BCUT2D eigenvalue weighted by Gasteiger charge is -2.24. The Morgan fingerprint density at radius 1 is 1.53 bits per heavy atom. The molecule has 0 aromatic rings. The van der Waals surface area contributed by atoms with E-state index < -0.39 is 0 Å². The fourth-order valence-corrected chi connectivity index (χ4v) is 1.47. The number of aliphatic hydroxyl groups excluding tert-OH is 1. The van der Waals surface area contributed by atoms with Gasteiger partial charge in [-0.15, -0.1) is 0 Å². The second-order valence-electron chi connectivity index (χ2n) is 4.54. The Morgan fingerprint density at radius 3 is 2.67 bits per heavy atom. The van der Waals surface area contributed by atoms with Crippen LogP contribution in [-0.4, -0.2) is 48.2 Å². The maximum Gasteiger partial charge on any atom is 0.234 e. The number of carbonyl (C=O) groups excluding carboxylic acids is 1. The summed E-state index contributed by atoms with van der Waals surface area (Å²) in [5.41, 5.74) is 0. The summed E-state index contributed by atoms with van der Waals surface area (Å²) >= 11 is 0. The van der Waals surface area contributed by atoms with Crippen LogP contribution in [0.4, 0.5) is 0 Å². The van der Waals surface area contributed by atoms with Crippen LogP contribution in [0.15, 0.2) is 0 Å². The highest BCUT2D eigenvalue weighted by atomic mass is 16.3. The van der Waals surface area contributed by atoms with E-state index in [1.807, 2.05) is 18.7 Å². The van der Waals surface area contributed by atoms with E-state index in [1.54, 1.807) is 0 Å². The number of nitrogens with zero attached hydrogens (tertiary/aromatic N) is 1. The molecule has 0 bridgehead atoms. The number of rotatable bonds is 7. The second-order valence-corrected chi connectivity index (χ2v) is 4.54. The van der Waals surface area contributed by atoms with Gasteiger partial charge in [0.1, 0.15) is 0 Å². The van der Waals surface area contributed by atoms with Crippen LogP contribution in [0.5, 0.6) is 0 Å². The standard InChI is InChI=1S/C11H22N2O2/c1-9(2)13(5-6-14)8-11(15)12-7-10-3-4-10/h9-10,14H,3-8H2,1-2H3,(H,12,15). The van der Waals surface area contributed by atoms with Gasteiger partial charge in [-0.05, 0) is 32.6 Å². The molecule has 0 atom stereocenters. The first kappa shape index (κ1) is 12.5. The molecule has 0 saturated heterocycles. The van der Waals surface area contributed by atoms with Crippen LogP contribution in [-0.2, 0) is 4.79 Å². The van der Waals surface area contributed by atoms with Gasteiger partial charge in [-0.1, -0.05) is 0 Å². The fourth-order valence-electron chi connectivity index (χ4n) is 1.47. The number of hydrogen-bond acceptors (Lipinski definition) is 3. The molecule has 0 spiro atoms. The van der Waals surface area contributed by atoms with Crippen molar-refractivity contribution >= 4 is 5.91 Å². The third-order valence-electron chi connectivity index (χ3n) is 2.75. The molecule has 15 heavy (non-hydrogen) atoms. The van der Waals surface area contributed by atoms with Gasteiger partial charge in [-0.3, -0.25) is 9.69 Å². The van der Waals surface area contributed by atoms with E-state index in [0.717, 1.165) is 12.5 Å². The van der Waals surface area contributed by atoms with Gasteiger partial charge in [0.2, 0.25) is 5.91 Å². The minimum absolute atomic E-state index is 0.0732. The maximum absolute atomic E-state index is 11.5. The SMILES string of the molecule is CC(C)N(CCO)CC(=O)NCC1CC1. The number of carbonyl (C=O) groups is 1. The predicted octanol–water partition coefficient (Wildman–Crippen LogP) is 0.215. The van der Waals surface area contributed by atoms with Crippen molar-refractivity contribution in [3.63, 3.8) is 0 Å². The number of hydrogen-bond donors (Lipinski definition) is 2. The Morgan fingerprint density at radius 2 is 2.20 bits per heavy atom. The van der Waals surface area contributed by atoms with Crippen LogP contribution in [0.3, 0.4) is 0 Å². The first-order chi connectivity index (χ1) is 7.13. The highest BCUT2D eigenvalue weighted by Gasteiger charge is 2.22. The molecule has 0 aliphatic heterocycles. The van der Waals surface area contributed by atoms with Crippen LogP contribution in [0.2, 0.25) is 0 Å². The van der Waals surface area contributed by atoms with E-state index in [2.05, 4.69) is 5.32 Å². The normalized spacial score (nSPS) is 16.1. The summed E-state index contributed by atoms with van der Waals surface area (Å²) in [6.45, 7) is 5.95. The highest BCUT2D eigenvalue weighted by Crippen LogP contribution is 2.27. The van der Waals surface area contributed by atoms with Gasteiger partial charge < -0.3 is 10.4 Å². The first-order valence-corrected chi connectivity index (χ1v) is 5.75. The molecule has 0 aromatic heterocycles. The van der Waals surface area contributed by atoms with Crippen LogP contribution in [0.25, 0.3) is 0 Å². The molecule has 1 amide bonds. The zero-order chi connectivity index (χ0) is 11.3. The minimum Gasteiger partial charge on any atom is -0.395 e.